The minimum absolute atomic E-state index is 0.0589. The van der Waals surface area contributed by atoms with Crippen LogP contribution in [0.3, 0.4) is 0 Å². The maximum Gasteiger partial charge on any atom is 0.217 e. The van der Waals surface area contributed by atoms with Crippen molar-refractivity contribution in [3.63, 3.8) is 0 Å². The van der Waals surface area contributed by atoms with Gasteiger partial charge in [-0.15, -0.1) is 0 Å². The van der Waals surface area contributed by atoms with E-state index in [1.165, 1.54) is 0 Å². The highest BCUT2D eigenvalue weighted by atomic mass is 16.6. The number of nitrogens with zero attached hydrogens (tertiary/aromatic N) is 2. The van der Waals surface area contributed by atoms with Gasteiger partial charge in [-0.25, -0.2) is 4.98 Å². The van der Waals surface area contributed by atoms with E-state index in [2.05, 4.69) is 10.1 Å². The van der Waals surface area contributed by atoms with Crippen LogP contribution in [0.5, 0.6) is 5.88 Å². The van der Waals surface area contributed by atoms with E-state index in [9.17, 15) is 9.90 Å². The van der Waals surface area contributed by atoms with Gasteiger partial charge in [-0.1, -0.05) is 12.1 Å². The first-order valence-corrected chi connectivity index (χ1v) is 8.59. The third kappa shape index (κ3) is 4.00. The lowest BCUT2D eigenvalue weighted by Crippen LogP contribution is -2.24. The van der Waals surface area contributed by atoms with Crippen LogP contribution in [0.4, 0.5) is 0 Å². The molecule has 6 heteroatoms. The zero-order valence-electron chi connectivity index (χ0n) is 15.5. The van der Waals surface area contributed by atoms with Crippen LogP contribution in [0, 0.1) is 13.8 Å². The molecule has 0 aliphatic heterocycles. The number of allylic oxidation sites excluding steroid dienone is 2. The Hall–Kier alpha value is -2.37. The van der Waals surface area contributed by atoms with Crippen LogP contribution in [-0.2, 0) is 9.63 Å². The molecule has 1 aromatic rings. The van der Waals surface area contributed by atoms with E-state index in [-0.39, 0.29) is 23.9 Å². The van der Waals surface area contributed by atoms with Crippen molar-refractivity contribution in [2.24, 2.45) is 5.16 Å². The Morgan fingerprint density at radius 3 is 2.64 bits per heavy atom. The van der Waals surface area contributed by atoms with E-state index in [4.69, 9.17) is 9.57 Å². The molecule has 1 aliphatic rings. The molecule has 0 saturated heterocycles. The van der Waals surface area contributed by atoms with E-state index in [0.29, 0.717) is 36.6 Å². The second-order valence-corrected chi connectivity index (χ2v) is 6.16. The fraction of sp³-hybridized carbons (Fsp3) is 0.526. The lowest BCUT2D eigenvalue weighted by atomic mass is 9.80. The number of hydrogen-bond acceptors (Lipinski definition) is 6. The monoisotopic (exact) mass is 346 g/mol. The average Bonchev–Trinajstić information content (AvgIpc) is 2.56. The lowest BCUT2D eigenvalue weighted by Gasteiger charge is -2.26. The number of carbonyl (C=O) groups is 1. The summed E-state index contributed by atoms with van der Waals surface area (Å²) in [6.07, 6.45) is 1.16. The number of rotatable bonds is 6. The van der Waals surface area contributed by atoms with E-state index in [1.807, 2.05) is 33.8 Å². The summed E-state index contributed by atoms with van der Waals surface area (Å²) in [6, 6.07) is 1.96. The molecule has 0 radical (unpaired) electrons. The van der Waals surface area contributed by atoms with Crippen molar-refractivity contribution < 1.29 is 19.5 Å². The SMILES string of the molecule is CCON=C(CC)C1=C(O)CC(c2c(C)cc(C)nc2OC)CC1=O. The number of ether oxygens (including phenoxy) is 1. The Morgan fingerprint density at radius 2 is 2.08 bits per heavy atom. The summed E-state index contributed by atoms with van der Waals surface area (Å²) >= 11 is 0. The Morgan fingerprint density at radius 1 is 1.36 bits per heavy atom. The number of hydrogen-bond donors (Lipinski definition) is 1. The Bertz CT molecular complexity index is 722. The number of ketones is 1. The molecule has 0 amide bonds. The summed E-state index contributed by atoms with van der Waals surface area (Å²) in [5.74, 6) is 0.286. The molecular weight excluding hydrogens is 320 g/mol. The molecule has 0 saturated carbocycles. The van der Waals surface area contributed by atoms with Crippen molar-refractivity contribution in [1.29, 1.82) is 0 Å². The van der Waals surface area contributed by atoms with Gasteiger partial charge in [0.15, 0.2) is 5.78 Å². The van der Waals surface area contributed by atoms with Gasteiger partial charge in [0, 0.05) is 30.0 Å². The van der Waals surface area contributed by atoms with Crippen molar-refractivity contribution >= 4 is 11.5 Å². The third-order valence-electron chi connectivity index (χ3n) is 4.33. The van der Waals surface area contributed by atoms with Gasteiger partial charge >= 0.3 is 0 Å². The molecule has 0 spiro atoms. The highest BCUT2D eigenvalue weighted by Crippen LogP contribution is 2.39. The highest BCUT2D eigenvalue weighted by molar-refractivity contribution is 6.23. The molecule has 2 rings (SSSR count). The number of oxime groups is 1. The molecule has 0 aromatic carbocycles. The molecule has 136 valence electrons. The molecule has 25 heavy (non-hydrogen) atoms. The number of aliphatic hydroxyl groups is 1. The number of aliphatic hydroxyl groups excluding tert-OH is 1. The zero-order chi connectivity index (χ0) is 18.6. The standard InChI is InChI=1S/C19H26N2O4/c1-6-14(21-25-7-2)18-15(22)9-13(10-16(18)23)17-11(3)8-12(4)20-19(17)24-5/h8,13,22H,6-7,9-10H2,1-5H3. The number of aromatic nitrogens is 1. The van der Waals surface area contributed by atoms with Crippen LogP contribution in [0.25, 0.3) is 0 Å². The van der Waals surface area contributed by atoms with Crippen molar-refractivity contribution in [3.8, 4) is 5.88 Å². The number of carbonyl (C=O) groups excluding carboxylic acids is 1. The van der Waals surface area contributed by atoms with E-state index >= 15 is 0 Å². The fourth-order valence-electron chi connectivity index (χ4n) is 3.32. The second-order valence-electron chi connectivity index (χ2n) is 6.16. The molecule has 0 bridgehead atoms. The van der Waals surface area contributed by atoms with E-state index < -0.39 is 0 Å². The summed E-state index contributed by atoms with van der Waals surface area (Å²) in [4.78, 5) is 22.2. The van der Waals surface area contributed by atoms with Crippen LogP contribution >= 0.6 is 0 Å². The van der Waals surface area contributed by atoms with Crippen LogP contribution < -0.4 is 4.74 Å². The van der Waals surface area contributed by atoms with Gasteiger partial charge in [-0.2, -0.15) is 0 Å². The highest BCUT2D eigenvalue weighted by Gasteiger charge is 2.33. The molecule has 1 aromatic heterocycles. The normalized spacial score (nSPS) is 18.5. The predicted molar refractivity (Wildman–Crippen MR) is 96.3 cm³/mol. The Labute approximate surface area is 148 Å². The predicted octanol–water partition coefficient (Wildman–Crippen LogP) is 3.77. The van der Waals surface area contributed by atoms with Gasteiger partial charge in [0.2, 0.25) is 5.88 Å². The smallest absolute Gasteiger partial charge is 0.217 e. The van der Waals surface area contributed by atoms with E-state index in [1.54, 1.807) is 7.11 Å². The molecule has 1 N–H and O–H groups in total. The second kappa shape index (κ2) is 8.14. The topological polar surface area (TPSA) is 81.0 Å². The first-order chi connectivity index (χ1) is 11.9. The number of aryl methyl sites for hydroxylation is 2. The van der Waals surface area contributed by atoms with Gasteiger partial charge in [0.1, 0.15) is 12.4 Å². The van der Waals surface area contributed by atoms with Gasteiger partial charge in [-0.05, 0) is 38.8 Å². The van der Waals surface area contributed by atoms with Gasteiger partial charge in [-0.3, -0.25) is 4.79 Å². The molecule has 1 heterocycles. The fourth-order valence-corrected chi connectivity index (χ4v) is 3.32. The summed E-state index contributed by atoms with van der Waals surface area (Å²) in [7, 11) is 1.57. The summed E-state index contributed by atoms with van der Waals surface area (Å²) < 4.78 is 5.42. The third-order valence-corrected chi connectivity index (χ3v) is 4.33. The van der Waals surface area contributed by atoms with Gasteiger partial charge < -0.3 is 14.7 Å². The Balaban J connectivity index is 2.41. The molecule has 1 unspecified atom stereocenters. The van der Waals surface area contributed by atoms with Crippen LogP contribution in [0.1, 0.15) is 55.8 Å². The van der Waals surface area contributed by atoms with Gasteiger partial charge in [0.05, 0.1) is 18.4 Å². The zero-order valence-corrected chi connectivity index (χ0v) is 15.5. The lowest BCUT2D eigenvalue weighted by molar-refractivity contribution is -0.116. The maximum absolute atomic E-state index is 12.7. The quantitative estimate of drug-likeness (QED) is 0.626. The maximum atomic E-state index is 12.7. The minimum Gasteiger partial charge on any atom is -0.511 e. The van der Waals surface area contributed by atoms with Crippen molar-refractivity contribution in [1.82, 2.24) is 4.98 Å². The first-order valence-electron chi connectivity index (χ1n) is 8.59. The largest absolute Gasteiger partial charge is 0.511 e. The number of pyridine rings is 1. The van der Waals surface area contributed by atoms with Crippen LogP contribution in [0.2, 0.25) is 0 Å². The van der Waals surface area contributed by atoms with Crippen LogP contribution in [0.15, 0.2) is 22.6 Å². The van der Waals surface area contributed by atoms with Crippen molar-refractivity contribution in [2.75, 3.05) is 13.7 Å². The van der Waals surface area contributed by atoms with Crippen LogP contribution in [-0.4, -0.2) is 35.3 Å². The number of methoxy groups -OCH3 is 1. The summed E-state index contributed by atoms with van der Waals surface area (Å²) in [5, 5.41) is 14.5. The molecule has 1 aliphatic carbocycles. The number of Topliss-reactive ketones (excluding diaryl/α,β-unsaturated/α-hetero) is 1. The molecule has 6 nitrogen and oxygen atoms in total. The molecule has 1 atom stereocenters. The first kappa shape index (κ1) is 19.0. The van der Waals surface area contributed by atoms with E-state index in [0.717, 1.165) is 16.8 Å². The average molecular weight is 346 g/mol. The minimum atomic E-state index is -0.163. The Kier molecular flexibility index (Phi) is 6.17. The van der Waals surface area contributed by atoms with Crippen molar-refractivity contribution in [3.05, 3.63) is 34.2 Å². The van der Waals surface area contributed by atoms with Crippen molar-refractivity contribution in [2.45, 2.75) is 52.9 Å². The molecular formula is C19H26N2O4. The molecule has 0 fully saturated rings. The van der Waals surface area contributed by atoms with Gasteiger partial charge in [0.25, 0.3) is 0 Å². The summed E-state index contributed by atoms with van der Waals surface area (Å²) in [5.41, 5.74) is 3.54. The summed E-state index contributed by atoms with van der Waals surface area (Å²) in [6.45, 7) is 8.00.